The number of hydrogen-bond donors (Lipinski definition) is 8. The number of nitrogens with one attached hydrogen (secondary N) is 3. The van der Waals surface area contributed by atoms with Crippen molar-refractivity contribution in [1.29, 1.82) is 0 Å². The molecule has 0 saturated heterocycles. The number of carboxylic acids is 1. The zero-order valence-corrected chi connectivity index (χ0v) is 21.9. The molecule has 0 spiro atoms. The van der Waals surface area contributed by atoms with E-state index in [0.717, 1.165) is 0 Å². The van der Waals surface area contributed by atoms with Gasteiger partial charge in [-0.05, 0) is 36.6 Å². The highest BCUT2D eigenvalue weighted by Gasteiger charge is 2.31. The highest BCUT2D eigenvalue weighted by Crippen LogP contribution is 2.13. The summed E-state index contributed by atoms with van der Waals surface area (Å²) in [5, 5.41) is 36.2. The maximum atomic E-state index is 13.4. The van der Waals surface area contributed by atoms with Gasteiger partial charge in [-0.2, -0.15) is 0 Å². The Balaban J connectivity index is 2.32. The monoisotopic (exact) mass is 557 g/mol. The molecule has 0 aliphatic carbocycles. The van der Waals surface area contributed by atoms with Gasteiger partial charge in [-0.3, -0.25) is 19.2 Å². The van der Waals surface area contributed by atoms with Gasteiger partial charge < -0.3 is 42.7 Å². The average Bonchev–Trinajstić information content (AvgIpc) is 2.90. The summed E-state index contributed by atoms with van der Waals surface area (Å²) in [7, 11) is 0. The van der Waals surface area contributed by atoms with Gasteiger partial charge in [0.2, 0.25) is 23.6 Å². The Hall–Kier alpha value is -4.49. The number of aliphatic hydroxyl groups excluding tert-OH is 1. The van der Waals surface area contributed by atoms with E-state index in [1.54, 1.807) is 30.3 Å². The number of carbonyl (C=O) groups excluding carboxylic acids is 4. The lowest BCUT2D eigenvalue weighted by Gasteiger charge is -2.26. The number of nitrogens with two attached hydrogens (primary N) is 2. The lowest BCUT2D eigenvalue weighted by molar-refractivity contribution is -0.142. The molecule has 0 aliphatic rings. The van der Waals surface area contributed by atoms with Crippen molar-refractivity contribution in [3.8, 4) is 5.75 Å². The molecule has 2 aromatic rings. The molecule has 4 amide bonds. The SMILES string of the molecule is CC(O)C(N)C(=O)NC(Cc1ccccc1)C(=O)NC(Cc1ccc(O)cc1)C(=O)NC(CCC(N)=O)C(=O)O. The summed E-state index contributed by atoms with van der Waals surface area (Å²) in [5.74, 6) is -4.58. The smallest absolute Gasteiger partial charge is 0.326 e. The minimum absolute atomic E-state index is 0.0220. The summed E-state index contributed by atoms with van der Waals surface area (Å²) >= 11 is 0. The van der Waals surface area contributed by atoms with Gasteiger partial charge in [0.15, 0.2) is 0 Å². The lowest BCUT2D eigenvalue weighted by Crippen LogP contribution is -2.59. The number of amides is 4. The molecule has 0 aliphatic heterocycles. The predicted molar refractivity (Wildman–Crippen MR) is 143 cm³/mol. The van der Waals surface area contributed by atoms with Crippen molar-refractivity contribution in [1.82, 2.24) is 16.0 Å². The summed E-state index contributed by atoms with van der Waals surface area (Å²) in [4.78, 5) is 62.1. The van der Waals surface area contributed by atoms with Gasteiger partial charge in [-0.25, -0.2) is 4.79 Å². The van der Waals surface area contributed by atoms with E-state index in [1.165, 1.54) is 31.2 Å². The fourth-order valence-electron chi connectivity index (χ4n) is 3.71. The normalized spacial score (nSPS) is 14.6. The molecule has 0 fully saturated rings. The van der Waals surface area contributed by atoms with E-state index in [2.05, 4.69) is 16.0 Å². The van der Waals surface area contributed by atoms with Gasteiger partial charge in [0.25, 0.3) is 0 Å². The Labute approximate surface area is 230 Å². The molecule has 10 N–H and O–H groups in total. The standard InChI is InChI=1S/C27H35N5O8/c1-15(33)23(29)26(38)32-21(13-16-5-3-2-4-6-16)25(37)31-20(14-17-7-9-18(34)10-8-17)24(36)30-19(27(39)40)11-12-22(28)35/h2-10,15,19-21,23,33-34H,11-14,29H2,1H3,(H2,28,35)(H,30,36)(H,31,37)(H,32,38)(H,39,40). The third-order valence-electron chi connectivity index (χ3n) is 6.04. The number of aromatic hydroxyl groups is 1. The Morgan fingerprint density at radius 1 is 0.775 bits per heavy atom. The van der Waals surface area contributed by atoms with Crippen LogP contribution >= 0.6 is 0 Å². The first-order valence-electron chi connectivity index (χ1n) is 12.5. The van der Waals surface area contributed by atoms with E-state index in [0.29, 0.717) is 11.1 Å². The number of phenolic OH excluding ortho intramolecular Hbond substituents is 1. The van der Waals surface area contributed by atoms with Crippen LogP contribution in [0, 0.1) is 0 Å². The van der Waals surface area contributed by atoms with E-state index in [1.807, 2.05) is 0 Å². The Morgan fingerprint density at radius 3 is 1.73 bits per heavy atom. The summed E-state index contributed by atoms with van der Waals surface area (Å²) in [5.41, 5.74) is 12.1. The van der Waals surface area contributed by atoms with Crippen molar-refractivity contribution >= 4 is 29.6 Å². The molecule has 2 aromatic carbocycles. The van der Waals surface area contributed by atoms with Crippen LogP contribution in [0.3, 0.4) is 0 Å². The molecule has 216 valence electrons. The number of hydrogen-bond acceptors (Lipinski definition) is 8. The highest BCUT2D eigenvalue weighted by molar-refractivity contribution is 5.94. The Kier molecular flexibility index (Phi) is 12.0. The van der Waals surface area contributed by atoms with E-state index in [-0.39, 0.29) is 31.4 Å². The summed E-state index contributed by atoms with van der Waals surface area (Å²) in [6, 6.07) is 9.25. The van der Waals surface area contributed by atoms with Gasteiger partial charge in [0.1, 0.15) is 29.9 Å². The van der Waals surface area contributed by atoms with E-state index < -0.39 is 59.9 Å². The summed E-state index contributed by atoms with van der Waals surface area (Å²) in [6.45, 7) is 1.33. The van der Waals surface area contributed by atoms with Crippen molar-refractivity contribution in [3.63, 3.8) is 0 Å². The molecule has 5 unspecified atom stereocenters. The summed E-state index contributed by atoms with van der Waals surface area (Å²) < 4.78 is 0. The number of carbonyl (C=O) groups is 5. The van der Waals surface area contributed by atoms with Crippen LogP contribution in [0.1, 0.15) is 30.9 Å². The molecule has 5 atom stereocenters. The fraction of sp³-hybridized carbons (Fsp3) is 0.370. The van der Waals surface area contributed by atoms with Crippen LogP contribution in [-0.4, -0.2) is 75.2 Å². The third kappa shape index (κ3) is 10.3. The van der Waals surface area contributed by atoms with E-state index in [9.17, 15) is 39.3 Å². The molecule has 0 bridgehead atoms. The minimum atomic E-state index is -1.46. The number of aliphatic carboxylic acids is 1. The second-order valence-corrected chi connectivity index (χ2v) is 9.35. The molecule has 40 heavy (non-hydrogen) atoms. The number of carboxylic acid groups (broad SMARTS) is 1. The number of benzene rings is 2. The van der Waals surface area contributed by atoms with E-state index in [4.69, 9.17) is 11.5 Å². The second kappa shape index (κ2) is 15.2. The molecule has 0 aromatic heterocycles. The average molecular weight is 558 g/mol. The number of rotatable bonds is 15. The van der Waals surface area contributed by atoms with Gasteiger partial charge in [0, 0.05) is 19.3 Å². The minimum Gasteiger partial charge on any atom is -0.508 e. The maximum Gasteiger partial charge on any atom is 0.326 e. The first kappa shape index (κ1) is 31.7. The zero-order valence-electron chi connectivity index (χ0n) is 21.9. The second-order valence-electron chi connectivity index (χ2n) is 9.35. The molecule has 0 radical (unpaired) electrons. The maximum absolute atomic E-state index is 13.4. The van der Waals surface area contributed by atoms with Crippen molar-refractivity contribution in [2.45, 2.75) is 62.9 Å². The van der Waals surface area contributed by atoms with E-state index >= 15 is 0 Å². The van der Waals surface area contributed by atoms with Gasteiger partial charge in [-0.1, -0.05) is 42.5 Å². The highest BCUT2D eigenvalue weighted by atomic mass is 16.4. The molecule has 13 heteroatoms. The zero-order chi connectivity index (χ0) is 29.8. The molecular weight excluding hydrogens is 522 g/mol. The lowest BCUT2D eigenvalue weighted by atomic mass is 10.0. The van der Waals surface area contributed by atoms with Crippen molar-refractivity contribution in [2.24, 2.45) is 11.5 Å². The van der Waals surface area contributed by atoms with Crippen LogP contribution in [0.2, 0.25) is 0 Å². The Bertz CT molecular complexity index is 1170. The predicted octanol–water partition coefficient (Wildman–Crippen LogP) is -1.31. The third-order valence-corrected chi connectivity index (χ3v) is 6.04. The largest absolute Gasteiger partial charge is 0.508 e. The fourth-order valence-corrected chi connectivity index (χ4v) is 3.71. The molecule has 2 rings (SSSR count). The van der Waals surface area contributed by atoms with Gasteiger partial charge in [0.05, 0.1) is 6.10 Å². The summed E-state index contributed by atoms with van der Waals surface area (Å²) in [6.07, 6.45) is -1.82. The number of aliphatic hydroxyl groups is 1. The molecule has 0 heterocycles. The quantitative estimate of drug-likeness (QED) is 0.130. The van der Waals surface area contributed by atoms with Crippen LogP contribution in [0.5, 0.6) is 5.75 Å². The number of primary amides is 1. The molecule has 13 nitrogen and oxygen atoms in total. The first-order chi connectivity index (χ1) is 18.9. The van der Waals surface area contributed by atoms with Crippen molar-refractivity contribution in [3.05, 3.63) is 65.7 Å². The van der Waals surface area contributed by atoms with Crippen LogP contribution < -0.4 is 27.4 Å². The molecule has 0 saturated carbocycles. The number of phenols is 1. The first-order valence-corrected chi connectivity index (χ1v) is 12.5. The van der Waals surface area contributed by atoms with Crippen molar-refractivity contribution < 1.29 is 39.3 Å². The topological polar surface area (TPSA) is 234 Å². The Morgan fingerprint density at radius 2 is 1.25 bits per heavy atom. The van der Waals surface area contributed by atoms with Crippen LogP contribution in [0.4, 0.5) is 0 Å². The van der Waals surface area contributed by atoms with Gasteiger partial charge in [-0.15, -0.1) is 0 Å². The van der Waals surface area contributed by atoms with Crippen LogP contribution in [-0.2, 0) is 36.8 Å². The van der Waals surface area contributed by atoms with Gasteiger partial charge >= 0.3 is 5.97 Å². The molecular formula is C27H35N5O8. The van der Waals surface area contributed by atoms with Crippen LogP contribution in [0.25, 0.3) is 0 Å². The van der Waals surface area contributed by atoms with Crippen molar-refractivity contribution in [2.75, 3.05) is 0 Å². The van der Waals surface area contributed by atoms with Crippen LogP contribution in [0.15, 0.2) is 54.6 Å².